The summed E-state index contributed by atoms with van der Waals surface area (Å²) in [6.07, 6.45) is 4.18. The SMILES string of the molecule is CCC1c2ccsc2CCN1C(=O)[C@@H]1CCCN1. The minimum atomic E-state index is 0.0687. The first-order valence-electron chi connectivity index (χ1n) is 6.91. The van der Waals surface area contributed by atoms with E-state index in [1.54, 1.807) is 0 Å². The van der Waals surface area contributed by atoms with E-state index in [0.29, 0.717) is 11.9 Å². The van der Waals surface area contributed by atoms with Crippen LogP contribution in [0.1, 0.15) is 42.7 Å². The molecule has 4 heteroatoms. The van der Waals surface area contributed by atoms with E-state index in [2.05, 4.69) is 28.6 Å². The van der Waals surface area contributed by atoms with Crippen LogP contribution >= 0.6 is 11.3 Å². The fourth-order valence-corrected chi connectivity index (χ4v) is 4.12. The second-order valence-corrected chi connectivity index (χ2v) is 6.15. The van der Waals surface area contributed by atoms with Crippen molar-refractivity contribution in [3.05, 3.63) is 21.9 Å². The quantitative estimate of drug-likeness (QED) is 0.889. The zero-order valence-electron chi connectivity index (χ0n) is 10.8. The highest BCUT2D eigenvalue weighted by atomic mass is 32.1. The third kappa shape index (κ3) is 1.97. The molecule has 1 unspecified atom stereocenters. The molecule has 0 aromatic carbocycles. The van der Waals surface area contributed by atoms with Crippen LogP contribution in [0.5, 0.6) is 0 Å². The van der Waals surface area contributed by atoms with Gasteiger partial charge >= 0.3 is 0 Å². The van der Waals surface area contributed by atoms with Crippen LogP contribution < -0.4 is 5.32 Å². The molecule has 1 amide bonds. The number of hydrogen-bond acceptors (Lipinski definition) is 3. The van der Waals surface area contributed by atoms with Crippen LogP contribution in [0.2, 0.25) is 0 Å². The molecule has 2 aliphatic rings. The number of fused-ring (bicyclic) bond motifs is 1. The van der Waals surface area contributed by atoms with Gasteiger partial charge in [-0.05, 0) is 49.2 Å². The summed E-state index contributed by atoms with van der Waals surface area (Å²) in [6.45, 7) is 4.06. The van der Waals surface area contributed by atoms with Gasteiger partial charge in [-0.15, -0.1) is 11.3 Å². The van der Waals surface area contributed by atoms with Crippen LogP contribution in [-0.4, -0.2) is 29.9 Å². The van der Waals surface area contributed by atoms with Crippen molar-refractivity contribution in [2.24, 2.45) is 0 Å². The normalized spacial score (nSPS) is 27.3. The Morgan fingerprint density at radius 3 is 3.22 bits per heavy atom. The third-order valence-corrected chi connectivity index (χ3v) is 5.12. The van der Waals surface area contributed by atoms with E-state index in [1.807, 2.05) is 11.3 Å². The molecule has 0 aliphatic carbocycles. The number of nitrogens with zero attached hydrogens (tertiary/aromatic N) is 1. The highest BCUT2D eigenvalue weighted by Gasteiger charge is 2.34. The van der Waals surface area contributed by atoms with Gasteiger partial charge in [-0.2, -0.15) is 0 Å². The molecule has 1 fully saturated rings. The van der Waals surface area contributed by atoms with E-state index in [0.717, 1.165) is 38.8 Å². The fourth-order valence-electron chi connectivity index (χ4n) is 3.20. The summed E-state index contributed by atoms with van der Waals surface area (Å²) < 4.78 is 0. The number of carbonyl (C=O) groups excluding carboxylic acids is 1. The maximum absolute atomic E-state index is 12.6. The molecule has 1 aromatic heterocycles. The zero-order chi connectivity index (χ0) is 12.5. The summed E-state index contributed by atoms with van der Waals surface area (Å²) in [5.74, 6) is 0.316. The van der Waals surface area contributed by atoms with Crippen molar-refractivity contribution < 1.29 is 4.79 Å². The minimum absolute atomic E-state index is 0.0687. The van der Waals surface area contributed by atoms with E-state index in [9.17, 15) is 4.79 Å². The summed E-state index contributed by atoms with van der Waals surface area (Å²) in [4.78, 5) is 16.2. The summed E-state index contributed by atoms with van der Waals surface area (Å²) in [7, 11) is 0. The summed E-state index contributed by atoms with van der Waals surface area (Å²) in [6, 6.07) is 2.57. The number of hydrogen-bond donors (Lipinski definition) is 1. The van der Waals surface area contributed by atoms with Crippen LogP contribution in [0.15, 0.2) is 11.4 Å². The van der Waals surface area contributed by atoms with Gasteiger partial charge in [0, 0.05) is 11.4 Å². The van der Waals surface area contributed by atoms with E-state index in [4.69, 9.17) is 0 Å². The largest absolute Gasteiger partial charge is 0.334 e. The van der Waals surface area contributed by atoms with Crippen LogP contribution in [-0.2, 0) is 11.2 Å². The van der Waals surface area contributed by atoms with Crippen LogP contribution in [0.3, 0.4) is 0 Å². The maximum Gasteiger partial charge on any atom is 0.240 e. The van der Waals surface area contributed by atoms with Gasteiger partial charge in [0.15, 0.2) is 0 Å². The predicted molar refractivity (Wildman–Crippen MR) is 73.8 cm³/mol. The highest BCUT2D eigenvalue weighted by molar-refractivity contribution is 7.10. The van der Waals surface area contributed by atoms with E-state index in [1.165, 1.54) is 10.4 Å². The van der Waals surface area contributed by atoms with Gasteiger partial charge in [0.25, 0.3) is 0 Å². The second-order valence-electron chi connectivity index (χ2n) is 5.15. The number of amides is 1. The third-order valence-electron chi connectivity index (χ3n) is 4.12. The Balaban J connectivity index is 1.82. The molecule has 3 heterocycles. The molecule has 0 bridgehead atoms. The van der Waals surface area contributed by atoms with Gasteiger partial charge in [0.2, 0.25) is 5.91 Å². The average Bonchev–Trinajstić information content (AvgIpc) is 3.06. The molecular weight excluding hydrogens is 244 g/mol. The van der Waals surface area contributed by atoms with E-state index in [-0.39, 0.29) is 6.04 Å². The Hall–Kier alpha value is -0.870. The molecule has 0 saturated carbocycles. The second kappa shape index (κ2) is 5.02. The molecule has 2 atom stereocenters. The Kier molecular flexibility index (Phi) is 3.39. The lowest BCUT2D eigenvalue weighted by atomic mass is 9.96. The molecule has 2 aliphatic heterocycles. The predicted octanol–water partition coefficient (Wildman–Crippen LogP) is 2.34. The molecule has 0 spiro atoms. The van der Waals surface area contributed by atoms with E-state index >= 15 is 0 Å². The Labute approximate surface area is 112 Å². The van der Waals surface area contributed by atoms with Gasteiger partial charge in [-0.25, -0.2) is 0 Å². The van der Waals surface area contributed by atoms with Crippen LogP contribution in [0.25, 0.3) is 0 Å². The zero-order valence-corrected chi connectivity index (χ0v) is 11.6. The molecule has 98 valence electrons. The molecule has 3 rings (SSSR count). The molecule has 18 heavy (non-hydrogen) atoms. The van der Waals surface area contributed by atoms with Gasteiger partial charge in [-0.1, -0.05) is 6.92 Å². The van der Waals surface area contributed by atoms with Crippen molar-refractivity contribution in [2.45, 2.75) is 44.7 Å². The number of thiophene rings is 1. The smallest absolute Gasteiger partial charge is 0.240 e. The molecular formula is C14H20N2OS. The first kappa shape index (κ1) is 12.2. The molecule has 3 nitrogen and oxygen atoms in total. The van der Waals surface area contributed by atoms with Crippen molar-refractivity contribution in [1.82, 2.24) is 10.2 Å². The van der Waals surface area contributed by atoms with Gasteiger partial charge in [0.05, 0.1) is 12.1 Å². The summed E-state index contributed by atoms with van der Waals surface area (Å²) in [5.41, 5.74) is 1.39. The Morgan fingerprint density at radius 2 is 2.50 bits per heavy atom. The van der Waals surface area contributed by atoms with Crippen LogP contribution in [0, 0.1) is 0 Å². The van der Waals surface area contributed by atoms with Crippen molar-refractivity contribution in [3.8, 4) is 0 Å². The lowest BCUT2D eigenvalue weighted by molar-refractivity contribution is -0.136. The topological polar surface area (TPSA) is 32.3 Å². The minimum Gasteiger partial charge on any atom is -0.334 e. The molecule has 0 radical (unpaired) electrons. The van der Waals surface area contributed by atoms with Gasteiger partial charge in [0.1, 0.15) is 0 Å². The fraction of sp³-hybridized carbons (Fsp3) is 0.643. The highest BCUT2D eigenvalue weighted by Crippen LogP contribution is 2.35. The van der Waals surface area contributed by atoms with Gasteiger partial charge in [-0.3, -0.25) is 4.79 Å². The molecule has 1 saturated heterocycles. The molecule has 1 aromatic rings. The van der Waals surface area contributed by atoms with Gasteiger partial charge < -0.3 is 10.2 Å². The van der Waals surface area contributed by atoms with Crippen LogP contribution in [0.4, 0.5) is 0 Å². The number of nitrogens with one attached hydrogen (secondary N) is 1. The van der Waals surface area contributed by atoms with Crippen molar-refractivity contribution in [1.29, 1.82) is 0 Å². The monoisotopic (exact) mass is 264 g/mol. The lowest BCUT2D eigenvalue weighted by Gasteiger charge is -2.37. The standard InChI is InChI=1S/C14H20N2OS/c1-2-12-10-6-9-18-13(10)5-8-16(12)14(17)11-4-3-7-15-11/h6,9,11-12,15H,2-5,7-8H2,1H3/t11-,12?/m0/s1. The first-order chi connectivity index (χ1) is 8.81. The molecule has 1 N–H and O–H groups in total. The maximum atomic E-state index is 12.6. The lowest BCUT2D eigenvalue weighted by Crippen LogP contribution is -2.47. The summed E-state index contributed by atoms with van der Waals surface area (Å²) in [5, 5.41) is 5.49. The first-order valence-corrected chi connectivity index (χ1v) is 7.79. The number of carbonyl (C=O) groups is 1. The Bertz CT molecular complexity index is 437. The average molecular weight is 264 g/mol. The number of rotatable bonds is 2. The van der Waals surface area contributed by atoms with Crippen molar-refractivity contribution in [2.75, 3.05) is 13.1 Å². The van der Waals surface area contributed by atoms with E-state index < -0.39 is 0 Å². The van der Waals surface area contributed by atoms with Crippen molar-refractivity contribution >= 4 is 17.2 Å². The summed E-state index contributed by atoms with van der Waals surface area (Å²) >= 11 is 1.84. The Morgan fingerprint density at radius 1 is 1.61 bits per heavy atom. The van der Waals surface area contributed by atoms with Crippen molar-refractivity contribution in [3.63, 3.8) is 0 Å².